The first-order valence-electron chi connectivity index (χ1n) is 8.38. The Morgan fingerprint density at radius 2 is 2.09 bits per heavy atom. The Bertz CT molecular complexity index is 615. The topological polar surface area (TPSA) is 28.1 Å². The summed E-state index contributed by atoms with van der Waals surface area (Å²) in [5.41, 5.74) is 2.67. The van der Waals surface area contributed by atoms with E-state index in [9.17, 15) is 4.39 Å². The fourth-order valence-corrected chi connectivity index (χ4v) is 3.55. The molecule has 23 heavy (non-hydrogen) atoms. The third-order valence-corrected chi connectivity index (χ3v) is 4.82. The molecule has 126 valence electrons. The highest BCUT2D eigenvalue weighted by atomic mass is 19.1. The molecule has 5 heteroatoms. The highest BCUT2D eigenvalue weighted by molar-refractivity contribution is 6.00. The van der Waals surface area contributed by atoms with Crippen molar-refractivity contribution in [1.29, 1.82) is 0 Å². The molecule has 2 aliphatic rings. The third kappa shape index (κ3) is 3.07. The number of nitrogens with zero attached hydrogens (tertiary/aromatic N) is 3. The second kappa shape index (κ2) is 6.48. The lowest BCUT2D eigenvalue weighted by Crippen LogP contribution is -2.26. The first-order chi connectivity index (χ1) is 11.0. The lowest BCUT2D eigenvalue weighted by molar-refractivity contribution is 0.121. The molecule has 1 unspecified atom stereocenters. The smallest absolute Gasteiger partial charge is 0.130 e. The number of benzene rings is 1. The van der Waals surface area contributed by atoms with Crippen LogP contribution in [0.2, 0.25) is 0 Å². The fourth-order valence-electron chi connectivity index (χ4n) is 3.55. The largest absolute Gasteiger partial charge is 0.380 e. The van der Waals surface area contributed by atoms with Crippen molar-refractivity contribution in [2.24, 2.45) is 4.99 Å². The summed E-state index contributed by atoms with van der Waals surface area (Å²) < 4.78 is 20.3. The van der Waals surface area contributed by atoms with Crippen LogP contribution in [0.25, 0.3) is 0 Å². The summed E-state index contributed by atoms with van der Waals surface area (Å²) in [4.78, 5) is 8.88. The van der Waals surface area contributed by atoms with E-state index in [2.05, 4.69) is 20.9 Å². The molecule has 0 saturated carbocycles. The molecule has 1 aromatic carbocycles. The van der Waals surface area contributed by atoms with Gasteiger partial charge in [0, 0.05) is 50.6 Å². The van der Waals surface area contributed by atoms with Crippen molar-refractivity contribution < 1.29 is 9.13 Å². The molecule has 0 bridgehead atoms. The number of hydrogen-bond acceptors (Lipinski definition) is 4. The average molecular weight is 319 g/mol. The Kier molecular flexibility index (Phi) is 4.57. The Morgan fingerprint density at radius 3 is 2.65 bits per heavy atom. The summed E-state index contributed by atoms with van der Waals surface area (Å²) in [6, 6.07) is 3.75. The van der Waals surface area contributed by atoms with Gasteiger partial charge in [0.05, 0.1) is 12.6 Å². The predicted octanol–water partition coefficient (Wildman–Crippen LogP) is 2.87. The Morgan fingerprint density at radius 1 is 1.30 bits per heavy atom. The van der Waals surface area contributed by atoms with Crippen LogP contribution in [0.3, 0.4) is 0 Å². The number of amidine groups is 1. The number of aliphatic imine (C=N–C) groups is 1. The van der Waals surface area contributed by atoms with Crippen LogP contribution in [0.1, 0.15) is 37.3 Å². The van der Waals surface area contributed by atoms with Gasteiger partial charge in [0.15, 0.2) is 0 Å². The summed E-state index contributed by atoms with van der Waals surface area (Å²) >= 11 is 0. The van der Waals surface area contributed by atoms with Gasteiger partial charge in [-0.05, 0) is 24.5 Å². The van der Waals surface area contributed by atoms with Gasteiger partial charge in [0.1, 0.15) is 11.7 Å². The molecule has 1 fully saturated rings. The van der Waals surface area contributed by atoms with Gasteiger partial charge in [0.2, 0.25) is 0 Å². The Balaban J connectivity index is 2.03. The number of methoxy groups -OCH3 is 1. The van der Waals surface area contributed by atoms with Crippen molar-refractivity contribution >= 4 is 11.5 Å². The van der Waals surface area contributed by atoms with Gasteiger partial charge in [-0.3, -0.25) is 4.99 Å². The van der Waals surface area contributed by atoms with E-state index in [0.717, 1.165) is 55.2 Å². The summed E-state index contributed by atoms with van der Waals surface area (Å²) in [6.07, 6.45) is 1.22. The van der Waals surface area contributed by atoms with Crippen LogP contribution >= 0.6 is 0 Å². The quantitative estimate of drug-likeness (QED) is 0.854. The normalized spacial score (nSPS) is 21.5. The number of ether oxygens (including phenoxy) is 1. The number of halogens is 1. The van der Waals surface area contributed by atoms with Gasteiger partial charge in [-0.25, -0.2) is 4.39 Å². The molecule has 0 radical (unpaired) electrons. The minimum atomic E-state index is -0.128. The molecule has 4 nitrogen and oxygen atoms in total. The zero-order valence-corrected chi connectivity index (χ0v) is 14.5. The van der Waals surface area contributed by atoms with Gasteiger partial charge in [-0.15, -0.1) is 0 Å². The molecule has 1 saturated heterocycles. The number of anilines is 1. The van der Waals surface area contributed by atoms with Gasteiger partial charge in [-0.1, -0.05) is 13.8 Å². The minimum absolute atomic E-state index is 0.128. The lowest BCUT2D eigenvalue weighted by atomic mass is 9.97. The number of rotatable bonds is 4. The molecule has 2 heterocycles. The van der Waals surface area contributed by atoms with Crippen molar-refractivity contribution in [2.45, 2.75) is 32.3 Å². The van der Waals surface area contributed by atoms with E-state index >= 15 is 0 Å². The van der Waals surface area contributed by atoms with Gasteiger partial charge >= 0.3 is 0 Å². The van der Waals surface area contributed by atoms with Crippen LogP contribution in [-0.2, 0) is 4.74 Å². The van der Waals surface area contributed by atoms with Crippen LogP contribution in [0.5, 0.6) is 0 Å². The summed E-state index contributed by atoms with van der Waals surface area (Å²) in [7, 11) is 3.76. The Labute approximate surface area is 137 Å². The first kappa shape index (κ1) is 16.2. The molecule has 0 aromatic heterocycles. The van der Waals surface area contributed by atoms with Gasteiger partial charge < -0.3 is 14.5 Å². The zero-order chi connectivity index (χ0) is 16.6. The highest BCUT2D eigenvalue weighted by Crippen LogP contribution is 2.34. The standard InChI is InChI=1S/C18H26FN3O/c1-12(2)17-15(19)9-13(18-20-6-8-21(18)3)10-16(17)22-7-5-14(11-22)23-4/h9-10,12,14H,5-8,11H2,1-4H3. The van der Waals surface area contributed by atoms with Crippen LogP contribution in [0.4, 0.5) is 10.1 Å². The number of likely N-dealkylation sites (N-methyl/N-ethyl adjacent to an activating group) is 1. The molecule has 1 atom stereocenters. The van der Waals surface area contributed by atoms with Crippen molar-refractivity contribution in [1.82, 2.24) is 4.90 Å². The summed E-state index contributed by atoms with van der Waals surface area (Å²) in [5, 5.41) is 0. The van der Waals surface area contributed by atoms with E-state index in [0.29, 0.717) is 0 Å². The monoisotopic (exact) mass is 319 g/mol. The van der Waals surface area contributed by atoms with Crippen LogP contribution in [0.15, 0.2) is 17.1 Å². The predicted molar refractivity (Wildman–Crippen MR) is 92.2 cm³/mol. The lowest BCUT2D eigenvalue weighted by Gasteiger charge is -2.26. The maximum absolute atomic E-state index is 14.8. The van der Waals surface area contributed by atoms with Crippen molar-refractivity contribution in [3.63, 3.8) is 0 Å². The molecule has 0 amide bonds. The molecule has 3 rings (SSSR count). The molecule has 0 aliphatic carbocycles. The second-order valence-corrected chi connectivity index (χ2v) is 6.76. The Hall–Kier alpha value is -1.62. The van der Waals surface area contributed by atoms with Crippen molar-refractivity contribution in [3.05, 3.63) is 29.1 Å². The van der Waals surface area contributed by atoms with Crippen LogP contribution < -0.4 is 4.90 Å². The third-order valence-electron chi connectivity index (χ3n) is 4.82. The number of hydrogen-bond donors (Lipinski definition) is 0. The molecule has 0 N–H and O–H groups in total. The van der Waals surface area contributed by atoms with E-state index < -0.39 is 0 Å². The molecule has 1 aromatic rings. The van der Waals surface area contributed by atoms with Crippen LogP contribution in [-0.4, -0.2) is 57.2 Å². The van der Waals surface area contributed by atoms with E-state index in [1.807, 2.05) is 20.9 Å². The molecular formula is C18H26FN3O. The van der Waals surface area contributed by atoms with E-state index in [4.69, 9.17) is 4.74 Å². The molecule has 0 spiro atoms. The maximum Gasteiger partial charge on any atom is 0.130 e. The minimum Gasteiger partial charge on any atom is -0.380 e. The van der Waals surface area contributed by atoms with E-state index in [-0.39, 0.29) is 17.8 Å². The zero-order valence-electron chi connectivity index (χ0n) is 14.5. The van der Waals surface area contributed by atoms with Crippen molar-refractivity contribution in [2.75, 3.05) is 45.2 Å². The summed E-state index contributed by atoms with van der Waals surface area (Å²) in [5.74, 6) is 0.906. The van der Waals surface area contributed by atoms with E-state index in [1.165, 1.54) is 0 Å². The van der Waals surface area contributed by atoms with Crippen LogP contribution in [0, 0.1) is 5.82 Å². The van der Waals surface area contributed by atoms with Gasteiger partial charge in [0.25, 0.3) is 0 Å². The highest BCUT2D eigenvalue weighted by Gasteiger charge is 2.28. The average Bonchev–Trinajstić information content (AvgIpc) is 3.14. The van der Waals surface area contributed by atoms with Gasteiger partial charge in [-0.2, -0.15) is 0 Å². The maximum atomic E-state index is 14.8. The van der Waals surface area contributed by atoms with E-state index in [1.54, 1.807) is 13.2 Å². The SMILES string of the molecule is COC1CCN(c2cc(C3=NCCN3C)cc(F)c2C(C)C)C1. The second-order valence-electron chi connectivity index (χ2n) is 6.76. The summed E-state index contributed by atoms with van der Waals surface area (Å²) in [6.45, 7) is 7.50. The first-order valence-corrected chi connectivity index (χ1v) is 8.38. The molecule has 2 aliphatic heterocycles. The molecular weight excluding hydrogens is 293 g/mol. The fraction of sp³-hybridized carbons (Fsp3) is 0.611. The van der Waals surface area contributed by atoms with Crippen molar-refractivity contribution in [3.8, 4) is 0 Å².